The Balaban J connectivity index is 3.66. The molecular weight excluding hydrogens is 284 g/mol. The van der Waals surface area contributed by atoms with Gasteiger partial charge in [0.25, 0.3) is 0 Å². The van der Waals surface area contributed by atoms with Crippen molar-refractivity contribution in [2.75, 3.05) is 13.9 Å². The van der Waals surface area contributed by atoms with Crippen LogP contribution in [0.1, 0.15) is 58.3 Å². The average Bonchev–Trinajstić information content (AvgIpc) is 2.49. The summed E-state index contributed by atoms with van der Waals surface area (Å²) in [6, 6.07) is 0.935. The summed E-state index contributed by atoms with van der Waals surface area (Å²) >= 11 is 0. The van der Waals surface area contributed by atoms with Crippen molar-refractivity contribution in [2.45, 2.75) is 70.9 Å². The molecule has 0 bridgehead atoms. The number of esters is 1. The van der Waals surface area contributed by atoms with Crippen molar-refractivity contribution in [1.82, 2.24) is 0 Å². The Labute approximate surface area is 131 Å². The molecule has 0 saturated carbocycles. The molecule has 0 spiro atoms. The van der Waals surface area contributed by atoms with E-state index >= 15 is 0 Å². The molecule has 5 heteroatoms. The Morgan fingerprint density at radius 1 is 1.10 bits per heavy atom. The van der Waals surface area contributed by atoms with Gasteiger partial charge < -0.3 is 13.6 Å². The van der Waals surface area contributed by atoms with Crippen LogP contribution < -0.4 is 0 Å². The molecule has 0 aromatic heterocycles. The van der Waals surface area contributed by atoms with Crippen molar-refractivity contribution >= 4 is 14.5 Å². The van der Waals surface area contributed by atoms with E-state index in [2.05, 4.69) is 13.5 Å². The Hall–Kier alpha value is -0.653. The zero-order valence-electron chi connectivity index (χ0n) is 14.0. The lowest BCUT2D eigenvalue weighted by atomic mass is 10.1. The molecule has 0 radical (unpaired) electrons. The Morgan fingerprint density at radius 2 is 1.67 bits per heavy atom. The largest absolute Gasteiger partial charge is 0.436 e. The van der Waals surface area contributed by atoms with Gasteiger partial charge in [0.1, 0.15) is 0 Å². The Morgan fingerprint density at radius 3 is 2.19 bits per heavy atom. The second-order valence-corrected chi connectivity index (χ2v) is 8.96. The van der Waals surface area contributed by atoms with Crippen molar-refractivity contribution in [2.24, 2.45) is 0 Å². The number of unbranched alkanes of at least 4 members (excludes halogenated alkanes) is 7. The second kappa shape index (κ2) is 13.0. The van der Waals surface area contributed by atoms with Gasteiger partial charge in [-0.3, -0.25) is 0 Å². The monoisotopic (exact) mass is 316 g/mol. The van der Waals surface area contributed by atoms with Gasteiger partial charge in [0.05, 0.1) is 0 Å². The number of hydrogen-bond donors (Lipinski definition) is 0. The summed E-state index contributed by atoms with van der Waals surface area (Å²) in [7, 11) is -0.523. The minimum atomic E-state index is -2.20. The van der Waals surface area contributed by atoms with Crippen LogP contribution in [0.5, 0.6) is 0 Å². The lowest BCUT2D eigenvalue weighted by Gasteiger charge is -2.24. The third-order valence-corrected chi connectivity index (χ3v) is 6.50. The van der Waals surface area contributed by atoms with Gasteiger partial charge in [0.2, 0.25) is 0 Å². The molecule has 0 rings (SSSR count). The quantitative estimate of drug-likeness (QED) is 0.155. The fourth-order valence-corrected chi connectivity index (χ4v) is 3.75. The van der Waals surface area contributed by atoms with Gasteiger partial charge in [-0.1, -0.05) is 64.9 Å². The molecule has 1 atom stereocenters. The minimum absolute atomic E-state index is 0.0432. The number of hydrogen-bond acceptors (Lipinski definition) is 4. The number of ether oxygens (including phenoxy) is 1. The van der Waals surface area contributed by atoms with Gasteiger partial charge in [-0.25, -0.2) is 4.79 Å². The highest BCUT2D eigenvalue weighted by Gasteiger charge is 2.29. The minimum Gasteiger partial charge on any atom is -0.436 e. The van der Waals surface area contributed by atoms with E-state index in [0.717, 1.165) is 18.5 Å². The van der Waals surface area contributed by atoms with Crippen molar-refractivity contribution < 1.29 is 18.4 Å². The first-order chi connectivity index (χ1) is 10.1. The molecule has 0 aromatic rings. The SMILES string of the molecule is C=CC(=O)OCO[Si](C)(CCCCCCCCCC)OC. The molecular formula is C16H32O4Si. The summed E-state index contributed by atoms with van der Waals surface area (Å²) in [6.45, 7) is 7.55. The maximum absolute atomic E-state index is 10.9. The average molecular weight is 317 g/mol. The van der Waals surface area contributed by atoms with E-state index < -0.39 is 14.5 Å². The van der Waals surface area contributed by atoms with Gasteiger partial charge in [-0.2, -0.15) is 0 Å². The van der Waals surface area contributed by atoms with Crippen molar-refractivity contribution in [1.29, 1.82) is 0 Å². The third-order valence-electron chi connectivity index (χ3n) is 3.65. The maximum atomic E-state index is 10.9. The predicted molar refractivity (Wildman–Crippen MR) is 88.3 cm³/mol. The lowest BCUT2D eigenvalue weighted by molar-refractivity contribution is -0.145. The van der Waals surface area contributed by atoms with E-state index in [4.69, 9.17) is 13.6 Å². The molecule has 124 valence electrons. The summed E-state index contributed by atoms with van der Waals surface area (Å²) in [6.07, 6.45) is 11.4. The van der Waals surface area contributed by atoms with Gasteiger partial charge in [-0.05, 0) is 12.6 Å². The smallest absolute Gasteiger partial charge is 0.337 e. The fraction of sp³-hybridized carbons (Fsp3) is 0.812. The van der Waals surface area contributed by atoms with Gasteiger partial charge >= 0.3 is 14.5 Å². The molecule has 0 amide bonds. The fourth-order valence-electron chi connectivity index (χ4n) is 2.08. The van der Waals surface area contributed by atoms with Crippen LogP contribution in [0.3, 0.4) is 0 Å². The van der Waals surface area contributed by atoms with Gasteiger partial charge in [-0.15, -0.1) is 0 Å². The first-order valence-electron chi connectivity index (χ1n) is 8.06. The van der Waals surface area contributed by atoms with Crippen molar-refractivity contribution in [3.8, 4) is 0 Å². The first-order valence-corrected chi connectivity index (χ1v) is 10.6. The summed E-state index contributed by atoms with van der Waals surface area (Å²) in [5, 5.41) is 0. The van der Waals surface area contributed by atoms with Crippen LogP contribution >= 0.6 is 0 Å². The Bertz CT molecular complexity index is 283. The van der Waals surface area contributed by atoms with E-state index in [9.17, 15) is 4.79 Å². The summed E-state index contributed by atoms with van der Waals surface area (Å²) in [5.74, 6) is -0.463. The lowest BCUT2D eigenvalue weighted by Crippen LogP contribution is -2.38. The van der Waals surface area contributed by atoms with E-state index in [1.807, 2.05) is 6.55 Å². The highest BCUT2D eigenvalue weighted by molar-refractivity contribution is 6.65. The molecule has 0 aliphatic rings. The van der Waals surface area contributed by atoms with Crippen LogP contribution in [0.4, 0.5) is 0 Å². The molecule has 0 N–H and O–H groups in total. The van der Waals surface area contributed by atoms with Crippen molar-refractivity contribution in [3.05, 3.63) is 12.7 Å². The zero-order chi connectivity index (χ0) is 16.0. The van der Waals surface area contributed by atoms with Crippen LogP contribution in [0.25, 0.3) is 0 Å². The first kappa shape index (κ1) is 20.3. The number of rotatable bonds is 14. The molecule has 0 aliphatic heterocycles. The second-order valence-electron chi connectivity index (χ2n) is 5.49. The third kappa shape index (κ3) is 11.7. The zero-order valence-corrected chi connectivity index (χ0v) is 15.0. The topological polar surface area (TPSA) is 44.8 Å². The maximum Gasteiger partial charge on any atom is 0.337 e. The number of carbonyl (C=O) groups is 1. The molecule has 0 heterocycles. The van der Waals surface area contributed by atoms with E-state index in [1.165, 1.54) is 44.9 Å². The predicted octanol–water partition coefficient (Wildman–Crippen LogP) is 4.55. The molecule has 1 unspecified atom stereocenters. The van der Waals surface area contributed by atoms with Gasteiger partial charge in [0, 0.05) is 13.2 Å². The van der Waals surface area contributed by atoms with Crippen LogP contribution in [0.15, 0.2) is 12.7 Å². The van der Waals surface area contributed by atoms with Crippen LogP contribution in [0, 0.1) is 0 Å². The molecule has 0 fully saturated rings. The summed E-state index contributed by atoms with van der Waals surface area (Å²) in [4.78, 5) is 10.9. The number of carbonyl (C=O) groups excluding carboxylic acids is 1. The van der Waals surface area contributed by atoms with E-state index in [0.29, 0.717) is 0 Å². The molecule has 4 nitrogen and oxygen atoms in total. The highest BCUT2D eigenvalue weighted by Crippen LogP contribution is 2.18. The summed E-state index contributed by atoms with van der Waals surface area (Å²) < 4.78 is 16.0. The van der Waals surface area contributed by atoms with Crippen LogP contribution in [0.2, 0.25) is 12.6 Å². The van der Waals surface area contributed by atoms with E-state index in [-0.39, 0.29) is 6.79 Å². The summed E-state index contributed by atoms with van der Waals surface area (Å²) in [5.41, 5.74) is 0. The molecule has 0 saturated heterocycles. The standard InChI is InChI=1S/C16H32O4Si/c1-5-7-8-9-10-11-12-13-14-21(4,18-3)20-15-19-16(17)6-2/h6H,2,5,7-15H2,1,3-4H3. The highest BCUT2D eigenvalue weighted by atomic mass is 28.4. The molecule has 21 heavy (non-hydrogen) atoms. The molecule has 0 aliphatic carbocycles. The van der Waals surface area contributed by atoms with Gasteiger partial charge in [0.15, 0.2) is 6.79 Å². The van der Waals surface area contributed by atoms with Crippen molar-refractivity contribution in [3.63, 3.8) is 0 Å². The van der Waals surface area contributed by atoms with Crippen LogP contribution in [-0.2, 0) is 18.4 Å². The normalized spacial score (nSPS) is 13.7. The van der Waals surface area contributed by atoms with E-state index in [1.54, 1.807) is 7.11 Å². The van der Waals surface area contributed by atoms with Crippen LogP contribution in [-0.4, -0.2) is 28.4 Å². The molecule has 0 aromatic carbocycles. The Kier molecular flexibility index (Phi) is 12.6.